The van der Waals surface area contributed by atoms with E-state index in [2.05, 4.69) is 11.7 Å². The Morgan fingerprint density at radius 3 is 3.19 bits per heavy atom. The average Bonchev–Trinajstić information content (AvgIpc) is 2.74. The number of nitrogens with two attached hydrogens (primary N) is 1. The first-order chi connectivity index (χ1) is 7.79. The van der Waals surface area contributed by atoms with Crippen LogP contribution in [0.1, 0.15) is 19.3 Å². The van der Waals surface area contributed by atoms with Gasteiger partial charge in [-0.3, -0.25) is 11.3 Å². The van der Waals surface area contributed by atoms with Crippen LogP contribution in [0.3, 0.4) is 0 Å². The first kappa shape index (κ1) is 13.0. The van der Waals surface area contributed by atoms with Crippen LogP contribution in [0, 0.1) is 5.92 Å². The van der Waals surface area contributed by atoms with Crippen LogP contribution in [0.4, 0.5) is 0 Å². The van der Waals surface area contributed by atoms with Gasteiger partial charge < -0.3 is 4.74 Å². The van der Waals surface area contributed by atoms with Gasteiger partial charge in [-0.25, -0.2) is 0 Å². The van der Waals surface area contributed by atoms with Crippen molar-refractivity contribution in [3.63, 3.8) is 0 Å². The van der Waals surface area contributed by atoms with Gasteiger partial charge >= 0.3 is 0 Å². The molecule has 2 rings (SSSR count). The topological polar surface area (TPSA) is 47.3 Å². The van der Waals surface area contributed by atoms with Crippen LogP contribution >= 0.6 is 23.5 Å². The fourth-order valence-corrected chi connectivity index (χ4v) is 4.88. The molecule has 0 aromatic rings. The second-order valence-electron chi connectivity index (χ2n) is 4.82. The number of hydrogen-bond donors (Lipinski definition) is 2. The third kappa shape index (κ3) is 2.88. The molecule has 2 heterocycles. The lowest BCUT2D eigenvalue weighted by Crippen LogP contribution is -2.49. The molecule has 3 N–H and O–H groups in total. The van der Waals surface area contributed by atoms with E-state index in [9.17, 15) is 0 Å². The highest BCUT2D eigenvalue weighted by atomic mass is 32.2. The molecule has 0 radical (unpaired) electrons. The molecule has 0 aliphatic carbocycles. The van der Waals surface area contributed by atoms with Crippen molar-refractivity contribution < 1.29 is 4.74 Å². The smallest absolute Gasteiger partial charge is 0.0783 e. The number of hydrogen-bond acceptors (Lipinski definition) is 5. The van der Waals surface area contributed by atoms with Crippen LogP contribution in [0.15, 0.2) is 0 Å². The lowest BCUT2D eigenvalue weighted by molar-refractivity contribution is -0.0838. The fourth-order valence-electron chi connectivity index (χ4n) is 2.77. The molecule has 0 bridgehead atoms. The Labute approximate surface area is 107 Å². The SMILES string of the molecule is CSCC(NN)C1CCOC2(CCSC2)C1. The summed E-state index contributed by atoms with van der Waals surface area (Å²) in [6.07, 6.45) is 5.72. The summed E-state index contributed by atoms with van der Waals surface area (Å²) in [4.78, 5) is 0. The van der Waals surface area contributed by atoms with Crippen molar-refractivity contribution in [2.45, 2.75) is 30.9 Å². The van der Waals surface area contributed by atoms with E-state index in [1.54, 1.807) is 0 Å². The highest BCUT2D eigenvalue weighted by Crippen LogP contribution is 2.41. The maximum atomic E-state index is 6.03. The number of hydrazine groups is 1. The normalized spacial score (nSPS) is 36.8. The maximum absolute atomic E-state index is 6.03. The van der Waals surface area contributed by atoms with Gasteiger partial charge in [-0.2, -0.15) is 23.5 Å². The molecule has 16 heavy (non-hydrogen) atoms. The molecular formula is C11H22N2OS2. The third-order valence-electron chi connectivity index (χ3n) is 3.73. The van der Waals surface area contributed by atoms with Crippen molar-refractivity contribution in [2.75, 3.05) is 30.1 Å². The minimum atomic E-state index is 0.182. The van der Waals surface area contributed by atoms with E-state index >= 15 is 0 Å². The van der Waals surface area contributed by atoms with E-state index in [0.717, 1.165) is 18.8 Å². The molecule has 2 fully saturated rings. The van der Waals surface area contributed by atoms with Crippen molar-refractivity contribution in [3.05, 3.63) is 0 Å². The van der Waals surface area contributed by atoms with Crippen LogP contribution < -0.4 is 11.3 Å². The van der Waals surface area contributed by atoms with Crippen molar-refractivity contribution in [1.29, 1.82) is 0 Å². The molecule has 1 spiro atoms. The zero-order valence-electron chi connectivity index (χ0n) is 9.91. The van der Waals surface area contributed by atoms with E-state index in [1.807, 2.05) is 23.5 Å². The average molecular weight is 262 g/mol. The van der Waals surface area contributed by atoms with Crippen LogP contribution in [0.25, 0.3) is 0 Å². The summed E-state index contributed by atoms with van der Waals surface area (Å²) in [5, 5.41) is 0. The molecule has 3 unspecified atom stereocenters. The van der Waals surface area contributed by atoms with E-state index in [1.165, 1.54) is 24.3 Å². The van der Waals surface area contributed by atoms with Gasteiger partial charge in [0.1, 0.15) is 0 Å². The first-order valence-corrected chi connectivity index (χ1v) is 8.51. The van der Waals surface area contributed by atoms with Crippen molar-refractivity contribution in [3.8, 4) is 0 Å². The summed E-state index contributed by atoms with van der Waals surface area (Å²) in [5.41, 5.74) is 3.18. The summed E-state index contributed by atoms with van der Waals surface area (Å²) in [7, 11) is 0. The molecular weight excluding hydrogens is 240 g/mol. The van der Waals surface area contributed by atoms with Crippen LogP contribution in [-0.4, -0.2) is 41.8 Å². The van der Waals surface area contributed by atoms with Gasteiger partial charge in [-0.1, -0.05) is 0 Å². The molecule has 94 valence electrons. The molecule has 2 saturated heterocycles. The Bertz CT molecular complexity index is 222. The van der Waals surface area contributed by atoms with Crippen molar-refractivity contribution in [2.24, 2.45) is 11.8 Å². The monoisotopic (exact) mass is 262 g/mol. The molecule has 2 aliphatic rings. The van der Waals surface area contributed by atoms with Gasteiger partial charge in [0.05, 0.1) is 5.60 Å². The van der Waals surface area contributed by atoms with Crippen molar-refractivity contribution >= 4 is 23.5 Å². The minimum Gasteiger partial charge on any atom is -0.374 e. The fraction of sp³-hybridized carbons (Fsp3) is 1.00. The number of ether oxygens (including phenoxy) is 1. The molecule has 0 amide bonds. The van der Waals surface area contributed by atoms with Crippen LogP contribution in [0.5, 0.6) is 0 Å². The number of nitrogens with one attached hydrogen (secondary N) is 1. The summed E-state index contributed by atoms with van der Waals surface area (Å²) >= 11 is 3.90. The lowest BCUT2D eigenvalue weighted by atomic mass is 9.82. The van der Waals surface area contributed by atoms with E-state index in [4.69, 9.17) is 10.6 Å². The second-order valence-corrected chi connectivity index (χ2v) is 6.83. The maximum Gasteiger partial charge on any atom is 0.0783 e. The summed E-state index contributed by atoms with van der Waals surface area (Å²) < 4.78 is 6.03. The van der Waals surface area contributed by atoms with Gasteiger partial charge in [-0.15, -0.1) is 0 Å². The highest BCUT2D eigenvalue weighted by Gasteiger charge is 2.42. The first-order valence-electron chi connectivity index (χ1n) is 5.96. The van der Waals surface area contributed by atoms with Gasteiger partial charge in [0.2, 0.25) is 0 Å². The second kappa shape index (κ2) is 5.96. The summed E-state index contributed by atoms with van der Waals surface area (Å²) in [6.45, 7) is 0.914. The quantitative estimate of drug-likeness (QED) is 0.594. The largest absolute Gasteiger partial charge is 0.374 e. The highest BCUT2D eigenvalue weighted by molar-refractivity contribution is 7.99. The zero-order valence-corrected chi connectivity index (χ0v) is 11.5. The molecule has 0 aromatic heterocycles. The molecule has 2 aliphatic heterocycles. The Morgan fingerprint density at radius 2 is 2.56 bits per heavy atom. The standard InChI is InChI=1S/C11H22N2OS2/c1-15-7-10(13-12)9-2-4-14-11(6-9)3-5-16-8-11/h9-10,13H,2-8,12H2,1H3. The molecule has 3 nitrogen and oxygen atoms in total. The van der Waals surface area contributed by atoms with Gasteiger partial charge in [0.25, 0.3) is 0 Å². The van der Waals surface area contributed by atoms with Crippen LogP contribution in [-0.2, 0) is 4.74 Å². The minimum absolute atomic E-state index is 0.182. The Balaban J connectivity index is 1.94. The molecule has 0 aromatic carbocycles. The molecule has 5 heteroatoms. The number of thioether (sulfide) groups is 2. The van der Waals surface area contributed by atoms with Gasteiger partial charge in [-0.05, 0) is 37.2 Å². The Morgan fingerprint density at radius 1 is 1.69 bits per heavy atom. The molecule has 0 saturated carbocycles. The van der Waals surface area contributed by atoms with Gasteiger partial charge in [0.15, 0.2) is 0 Å². The van der Waals surface area contributed by atoms with E-state index < -0.39 is 0 Å². The van der Waals surface area contributed by atoms with E-state index in [0.29, 0.717) is 12.0 Å². The predicted octanol–water partition coefficient (Wildman–Crippen LogP) is 1.48. The van der Waals surface area contributed by atoms with Gasteiger partial charge in [0, 0.05) is 24.2 Å². The van der Waals surface area contributed by atoms with Crippen LogP contribution in [0.2, 0.25) is 0 Å². The Kier molecular flexibility index (Phi) is 4.85. The summed E-state index contributed by atoms with van der Waals surface area (Å²) in [5.74, 6) is 9.89. The lowest BCUT2D eigenvalue weighted by Gasteiger charge is -2.40. The third-order valence-corrected chi connectivity index (χ3v) is 5.64. The van der Waals surface area contributed by atoms with Crippen molar-refractivity contribution in [1.82, 2.24) is 5.43 Å². The Hall–Kier alpha value is 0.580. The predicted molar refractivity (Wildman–Crippen MR) is 72.8 cm³/mol. The zero-order chi connectivity index (χ0) is 11.4. The number of rotatable bonds is 4. The molecule has 3 atom stereocenters. The summed E-state index contributed by atoms with van der Waals surface area (Å²) in [6, 6.07) is 0.446. The van der Waals surface area contributed by atoms with E-state index in [-0.39, 0.29) is 5.60 Å².